The standard InChI is InChI=1S/C17H29FN4/c1-6-19-16(21-12-17(2,3)13-22(4)5)20-11-14-8-7-9-15(18)10-14/h7-10H,6,11-13H2,1-5H3,(H2,19,20,21). The minimum Gasteiger partial charge on any atom is -0.357 e. The molecule has 124 valence electrons. The van der Waals surface area contributed by atoms with Crippen LogP contribution in [0.5, 0.6) is 0 Å². The summed E-state index contributed by atoms with van der Waals surface area (Å²) in [6.45, 7) is 9.53. The van der Waals surface area contributed by atoms with E-state index < -0.39 is 0 Å². The van der Waals surface area contributed by atoms with E-state index in [1.165, 1.54) is 12.1 Å². The SMILES string of the molecule is CCNC(=NCc1cccc(F)c1)NCC(C)(C)CN(C)C. The van der Waals surface area contributed by atoms with Crippen molar-refractivity contribution in [3.05, 3.63) is 35.6 Å². The molecule has 4 nitrogen and oxygen atoms in total. The van der Waals surface area contributed by atoms with E-state index in [-0.39, 0.29) is 11.2 Å². The van der Waals surface area contributed by atoms with Crippen LogP contribution in [0.2, 0.25) is 0 Å². The van der Waals surface area contributed by atoms with Gasteiger partial charge in [0.15, 0.2) is 5.96 Å². The van der Waals surface area contributed by atoms with Crippen LogP contribution in [-0.2, 0) is 6.54 Å². The van der Waals surface area contributed by atoms with Crippen LogP contribution in [0.4, 0.5) is 4.39 Å². The summed E-state index contributed by atoms with van der Waals surface area (Å²) < 4.78 is 13.2. The van der Waals surface area contributed by atoms with Gasteiger partial charge in [-0.25, -0.2) is 9.38 Å². The third-order valence-corrected chi connectivity index (χ3v) is 3.13. The molecule has 0 radical (unpaired) electrons. The summed E-state index contributed by atoms with van der Waals surface area (Å²) in [5, 5.41) is 6.59. The molecular formula is C17H29FN4. The highest BCUT2D eigenvalue weighted by atomic mass is 19.1. The molecule has 1 aromatic rings. The minimum absolute atomic E-state index is 0.137. The minimum atomic E-state index is -0.224. The second kappa shape index (κ2) is 8.73. The first-order valence-corrected chi connectivity index (χ1v) is 7.74. The zero-order chi connectivity index (χ0) is 16.6. The highest BCUT2D eigenvalue weighted by molar-refractivity contribution is 5.79. The number of halogens is 1. The van der Waals surface area contributed by atoms with Crippen molar-refractivity contribution < 1.29 is 4.39 Å². The summed E-state index contributed by atoms with van der Waals surface area (Å²) in [4.78, 5) is 6.70. The van der Waals surface area contributed by atoms with Gasteiger partial charge in [0, 0.05) is 19.6 Å². The summed E-state index contributed by atoms with van der Waals surface area (Å²) in [5.41, 5.74) is 1.00. The van der Waals surface area contributed by atoms with Gasteiger partial charge in [-0.15, -0.1) is 0 Å². The second-order valence-corrected chi connectivity index (χ2v) is 6.58. The molecule has 0 saturated heterocycles. The van der Waals surface area contributed by atoms with Crippen molar-refractivity contribution in [3.63, 3.8) is 0 Å². The molecule has 0 atom stereocenters. The van der Waals surface area contributed by atoms with Gasteiger partial charge in [-0.2, -0.15) is 0 Å². The van der Waals surface area contributed by atoms with Crippen molar-refractivity contribution in [2.45, 2.75) is 27.3 Å². The number of hydrogen-bond acceptors (Lipinski definition) is 2. The normalized spacial score (nSPS) is 12.6. The summed E-state index contributed by atoms with van der Waals surface area (Å²) in [5.74, 6) is 0.538. The van der Waals surface area contributed by atoms with Crippen molar-refractivity contribution in [2.24, 2.45) is 10.4 Å². The van der Waals surface area contributed by atoms with E-state index >= 15 is 0 Å². The second-order valence-electron chi connectivity index (χ2n) is 6.58. The van der Waals surface area contributed by atoms with Gasteiger partial charge in [-0.05, 0) is 44.1 Å². The predicted molar refractivity (Wildman–Crippen MR) is 91.6 cm³/mol. The Morgan fingerprint density at radius 3 is 2.59 bits per heavy atom. The van der Waals surface area contributed by atoms with E-state index in [4.69, 9.17) is 0 Å². The van der Waals surface area contributed by atoms with Crippen LogP contribution in [0, 0.1) is 11.2 Å². The average Bonchev–Trinajstić information content (AvgIpc) is 2.40. The number of hydrogen-bond donors (Lipinski definition) is 2. The quantitative estimate of drug-likeness (QED) is 0.600. The topological polar surface area (TPSA) is 39.7 Å². The van der Waals surface area contributed by atoms with Gasteiger partial charge in [-0.1, -0.05) is 26.0 Å². The lowest BCUT2D eigenvalue weighted by Crippen LogP contribution is -2.44. The van der Waals surface area contributed by atoms with E-state index in [0.717, 1.165) is 31.2 Å². The molecule has 22 heavy (non-hydrogen) atoms. The molecule has 0 spiro atoms. The predicted octanol–water partition coefficient (Wildman–Crippen LogP) is 2.47. The lowest BCUT2D eigenvalue weighted by atomic mass is 9.93. The van der Waals surface area contributed by atoms with Gasteiger partial charge >= 0.3 is 0 Å². The Morgan fingerprint density at radius 1 is 1.27 bits per heavy atom. The van der Waals surface area contributed by atoms with Crippen LogP contribution < -0.4 is 10.6 Å². The largest absolute Gasteiger partial charge is 0.357 e. The summed E-state index contributed by atoms with van der Waals surface area (Å²) in [6, 6.07) is 6.55. The fourth-order valence-corrected chi connectivity index (χ4v) is 2.38. The third kappa shape index (κ3) is 7.41. The Balaban J connectivity index is 2.62. The fraction of sp³-hybridized carbons (Fsp3) is 0.588. The van der Waals surface area contributed by atoms with Crippen molar-refractivity contribution >= 4 is 5.96 Å². The van der Waals surface area contributed by atoms with Crippen molar-refractivity contribution in [2.75, 3.05) is 33.7 Å². The molecule has 1 aromatic carbocycles. The van der Waals surface area contributed by atoms with Crippen molar-refractivity contribution in [1.82, 2.24) is 15.5 Å². The molecule has 1 rings (SSSR count). The molecule has 0 saturated carbocycles. The summed E-state index contributed by atoms with van der Waals surface area (Å²) in [7, 11) is 4.15. The summed E-state index contributed by atoms with van der Waals surface area (Å²) in [6.07, 6.45) is 0. The molecule has 0 aromatic heterocycles. The first-order chi connectivity index (χ1) is 10.3. The first kappa shape index (κ1) is 18.4. The number of guanidine groups is 1. The maximum Gasteiger partial charge on any atom is 0.191 e. The first-order valence-electron chi connectivity index (χ1n) is 7.74. The van der Waals surface area contributed by atoms with Crippen LogP contribution in [0.25, 0.3) is 0 Å². The van der Waals surface area contributed by atoms with Gasteiger partial charge in [0.1, 0.15) is 5.82 Å². The fourth-order valence-electron chi connectivity index (χ4n) is 2.38. The molecule has 0 aliphatic rings. The van der Waals surface area contributed by atoms with Crippen LogP contribution in [0.1, 0.15) is 26.3 Å². The maximum atomic E-state index is 13.2. The molecule has 0 fully saturated rings. The number of nitrogens with one attached hydrogen (secondary N) is 2. The number of rotatable bonds is 7. The molecular weight excluding hydrogens is 279 g/mol. The van der Waals surface area contributed by atoms with Gasteiger partial charge in [-0.3, -0.25) is 0 Å². The molecule has 5 heteroatoms. The van der Waals surface area contributed by atoms with Gasteiger partial charge in [0.2, 0.25) is 0 Å². The zero-order valence-electron chi connectivity index (χ0n) is 14.4. The molecule has 0 bridgehead atoms. The van der Waals surface area contributed by atoms with E-state index in [9.17, 15) is 4.39 Å². The molecule has 0 aliphatic heterocycles. The number of nitrogens with zero attached hydrogens (tertiary/aromatic N) is 2. The van der Waals surface area contributed by atoms with Crippen LogP contribution >= 0.6 is 0 Å². The van der Waals surface area contributed by atoms with Crippen molar-refractivity contribution in [3.8, 4) is 0 Å². The molecule has 0 heterocycles. The van der Waals surface area contributed by atoms with Crippen LogP contribution in [-0.4, -0.2) is 44.6 Å². The van der Waals surface area contributed by atoms with E-state index in [2.05, 4.69) is 48.5 Å². The Hall–Kier alpha value is -1.62. The van der Waals surface area contributed by atoms with Gasteiger partial charge < -0.3 is 15.5 Å². The smallest absolute Gasteiger partial charge is 0.191 e. The van der Waals surface area contributed by atoms with Crippen LogP contribution in [0.3, 0.4) is 0 Å². The lowest BCUT2D eigenvalue weighted by Gasteiger charge is -2.29. The Kier molecular flexibility index (Phi) is 7.32. The van der Waals surface area contributed by atoms with Crippen LogP contribution in [0.15, 0.2) is 29.3 Å². The molecule has 0 amide bonds. The van der Waals surface area contributed by atoms with E-state index in [1.807, 2.05) is 13.0 Å². The Morgan fingerprint density at radius 2 is 2.00 bits per heavy atom. The van der Waals surface area contributed by atoms with E-state index in [0.29, 0.717) is 6.54 Å². The van der Waals surface area contributed by atoms with Gasteiger partial charge in [0.25, 0.3) is 0 Å². The highest BCUT2D eigenvalue weighted by Crippen LogP contribution is 2.14. The molecule has 0 aliphatic carbocycles. The Bertz CT molecular complexity index is 483. The maximum absolute atomic E-state index is 13.2. The average molecular weight is 308 g/mol. The monoisotopic (exact) mass is 308 g/mol. The number of aliphatic imine (C=N–C) groups is 1. The van der Waals surface area contributed by atoms with E-state index in [1.54, 1.807) is 6.07 Å². The highest BCUT2D eigenvalue weighted by Gasteiger charge is 2.19. The lowest BCUT2D eigenvalue weighted by molar-refractivity contribution is 0.241. The summed E-state index contributed by atoms with van der Waals surface area (Å²) >= 11 is 0. The zero-order valence-corrected chi connectivity index (χ0v) is 14.4. The third-order valence-electron chi connectivity index (χ3n) is 3.13. The van der Waals surface area contributed by atoms with Gasteiger partial charge in [0.05, 0.1) is 6.54 Å². The molecule has 0 unspecified atom stereocenters. The number of benzene rings is 1. The Labute approximate surface area is 133 Å². The molecule has 2 N–H and O–H groups in total. The van der Waals surface area contributed by atoms with Crippen molar-refractivity contribution in [1.29, 1.82) is 0 Å².